The second-order valence-electron chi connectivity index (χ2n) is 18.8. The summed E-state index contributed by atoms with van der Waals surface area (Å²) in [7, 11) is 0. The molecule has 4 nitrogen and oxygen atoms in total. The molecular formula is C71H58N4. The van der Waals surface area contributed by atoms with Crippen molar-refractivity contribution in [1.82, 2.24) is 14.1 Å². The van der Waals surface area contributed by atoms with Gasteiger partial charge in [-0.25, -0.2) is 4.98 Å². The number of allylic oxidation sites excluding steroid dienone is 18. The minimum atomic E-state index is 0.708. The van der Waals surface area contributed by atoms with Gasteiger partial charge in [0.15, 0.2) is 0 Å². The van der Waals surface area contributed by atoms with E-state index in [1.807, 2.05) is 92.8 Å². The summed E-state index contributed by atoms with van der Waals surface area (Å²) < 4.78 is 4.88. The summed E-state index contributed by atoms with van der Waals surface area (Å²) in [6, 6.07) is 65.4. The van der Waals surface area contributed by atoms with Crippen LogP contribution in [0.15, 0.2) is 274 Å². The van der Waals surface area contributed by atoms with Crippen LogP contribution >= 0.6 is 0 Å². The Morgan fingerprint density at radius 1 is 0.520 bits per heavy atom. The summed E-state index contributed by atoms with van der Waals surface area (Å²) in [5.41, 5.74) is 26.2. The number of aromatic nitrogens is 3. The van der Waals surface area contributed by atoms with E-state index < -0.39 is 0 Å². The van der Waals surface area contributed by atoms with E-state index in [9.17, 15) is 0 Å². The number of pyridine rings is 1. The smallest absolute Gasteiger partial charge is 0.0715 e. The molecule has 3 heterocycles. The molecule has 0 atom stereocenters. The third-order valence-corrected chi connectivity index (χ3v) is 14.0. The Labute approximate surface area is 440 Å². The van der Waals surface area contributed by atoms with Gasteiger partial charge in [0.05, 0.1) is 33.5 Å². The molecule has 0 saturated heterocycles. The number of fused-ring (bicyclic) bond motifs is 6. The summed E-state index contributed by atoms with van der Waals surface area (Å²) in [5.74, 6) is 0. The molecule has 75 heavy (non-hydrogen) atoms. The second-order valence-corrected chi connectivity index (χ2v) is 18.8. The van der Waals surface area contributed by atoms with E-state index in [0.717, 1.165) is 74.4 Å². The molecule has 0 radical (unpaired) electrons. The van der Waals surface area contributed by atoms with Crippen LogP contribution in [0.5, 0.6) is 0 Å². The molecule has 0 bridgehead atoms. The number of benzene rings is 7. The number of rotatable bonds is 14. The molecule has 1 aliphatic carbocycles. The van der Waals surface area contributed by atoms with Gasteiger partial charge >= 0.3 is 0 Å². The van der Waals surface area contributed by atoms with E-state index in [4.69, 9.17) is 10.7 Å². The van der Waals surface area contributed by atoms with Crippen molar-refractivity contribution in [2.24, 2.45) is 5.73 Å². The van der Waals surface area contributed by atoms with Gasteiger partial charge in [0, 0.05) is 44.2 Å². The van der Waals surface area contributed by atoms with Crippen LogP contribution in [0.4, 0.5) is 0 Å². The molecule has 0 aliphatic heterocycles. The van der Waals surface area contributed by atoms with Crippen LogP contribution in [0.2, 0.25) is 0 Å². The van der Waals surface area contributed by atoms with Crippen LogP contribution in [0, 0.1) is 0 Å². The summed E-state index contributed by atoms with van der Waals surface area (Å²) >= 11 is 0. The van der Waals surface area contributed by atoms with E-state index in [0.29, 0.717) is 5.70 Å². The molecule has 11 rings (SSSR count). The second kappa shape index (κ2) is 21.7. The minimum Gasteiger partial charge on any atom is -0.398 e. The van der Waals surface area contributed by atoms with Gasteiger partial charge in [-0.3, -0.25) is 0 Å². The molecule has 362 valence electrons. The van der Waals surface area contributed by atoms with Gasteiger partial charge in [-0.15, -0.1) is 0 Å². The average molecular weight is 967 g/mol. The van der Waals surface area contributed by atoms with Gasteiger partial charge in [0.2, 0.25) is 0 Å². The van der Waals surface area contributed by atoms with E-state index in [2.05, 4.69) is 204 Å². The Balaban J connectivity index is 0.979. The first-order chi connectivity index (χ1) is 37.0. The van der Waals surface area contributed by atoms with Gasteiger partial charge in [-0.2, -0.15) is 0 Å². The minimum absolute atomic E-state index is 0.708. The lowest BCUT2D eigenvalue weighted by molar-refractivity contribution is 0.982. The zero-order chi connectivity index (χ0) is 51.1. The highest BCUT2D eigenvalue weighted by atomic mass is 15.0. The van der Waals surface area contributed by atoms with Crippen molar-refractivity contribution >= 4 is 71.7 Å². The van der Waals surface area contributed by atoms with Crippen LogP contribution in [0.3, 0.4) is 0 Å². The molecule has 10 aromatic rings. The Bertz CT molecular complexity index is 4080. The summed E-state index contributed by atoms with van der Waals surface area (Å²) in [6.45, 7) is 8.06. The van der Waals surface area contributed by atoms with Gasteiger partial charge in [-0.05, 0) is 144 Å². The van der Waals surface area contributed by atoms with Crippen LogP contribution in [-0.2, 0) is 0 Å². The highest BCUT2D eigenvalue weighted by Crippen LogP contribution is 2.41. The average Bonchev–Trinajstić information content (AvgIpc) is 3.99. The maximum Gasteiger partial charge on any atom is 0.0715 e. The molecule has 0 saturated carbocycles. The Morgan fingerprint density at radius 2 is 1.15 bits per heavy atom. The van der Waals surface area contributed by atoms with E-state index >= 15 is 0 Å². The Kier molecular flexibility index (Phi) is 13.8. The molecule has 0 fully saturated rings. The predicted octanol–water partition coefficient (Wildman–Crippen LogP) is 18.6. The van der Waals surface area contributed by atoms with Crippen molar-refractivity contribution in [1.29, 1.82) is 0 Å². The fourth-order valence-electron chi connectivity index (χ4n) is 10.5. The molecule has 0 spiro atoms. The topological polar surface area (TPSA) is 48.8 Å². The predicted molar refractivity (Wildman–Crippen MR) is 323 cm³/mol. The van der Waals surface area contributed by atoms with Crippen LogP contribution in [-0.4, -0.2) is 14.1 Å². The number of hydrogen-bond donors (Lipinski definition) is 1. The maximum absolute atomic E-state index is 6.77. The molecule has 3 aromatic heterocycles. The zero-order valence-corrected chi connectivity index (χ0v) is 42.4. The largest absolute Gasteiger partial charge is 0.398 e. The summed E-state index contributed by atoms with van der Waals surface area (Å²) in [4.78, 5) is 5.17. The highest BCUT2D eigenvalue weighted by Gasteiger charge is 2.20. The van der Waals surface area contributed by atoms with Crippen molar-refractivity contribution in [3.8, 4) is 28.1 Å². The molecule has 0 amide bonds. The highest BCUT2D eigenvalue weighted by molar-refractivity contribution is 6.13. The first kappa shape index (κ1) is 47.8. The number of nitrogens with two attached hydrogens (primary N) is 1. The third-order valence-electron chi connectivity index (χ3n) is 14.0. The zero-order valence-electron chi connectivity index (χ0n) is 42.4. The third kappa shape index (κ3) is 9.78. The van der Waals surface area contributed by atoms with E-state index in [-0.39, 0.29) is 0 Å². The lowest BCUT2D eigenvalue weighted by Gasteiger charge is -2.19. The van der Waals surface area contributed by atoms with E-state index in [1.54, 1.807) is 0 Å². The van der Waals surface area contributed by atoms with Crippen molar-refractivity contribution < 1.29 is 0 Å². The molecule has 7 aromatic carbocycles. The SMILES string of the molecule is C=C/C=C(\C=C/C)c1cc(C2=CCCC(n3c4ccccc4c4cc(-c5ccc6c(c5)c5ccccc5n6-c5cccc(C(/C=C(\N)c6ccccc6)=C/C=C\C=C/C=C/C)c5)ccc43)=C2)cc(-c2ccccc2)n1. The number of para-hydroxylation sites is 2. The Morgan fingerprint density at radius 3 is 1.85 bits per heavy atom. The van der Waals surface area contributed by atoms with E-state index in [1.165, 1.54) is 55.0 Å². The molecular weight excluding hydrogens is 909 g/mol. The quantitative estimate of drug-likeness (QED) is 0.110. The van der Waals surface area contributed by atoms with Crippen molar-refractivity contribution in [3.05, 3.63) is 296 Å². The fourth-order valence-corrected chi connectivity index (χ4v) is 10.5. The van der Waals surface area contributed by atoms with Crippen molar-refractivity contribution in [2.75, 3.05) is 0 Å². The van der Waals surface area contributed by atoms with Crippen LogP contribution in [0.1, 0.15) is 49.1 Å². The first-order valence-corrected chi connectivity index (χ1v) is 25.8. The fraction of sp³-hybridized carbons (Fsp3) is 0.0563. The summed E-state index contributed by atoms with van der Waals surface area (Å²) in [5, 5.41) is 4.88. The normalized spacial score (nSPS) is 13.9. The van der Waals surface area contributed by atoms with Gasteiger partial charge in [-0.1, -0.05) is 201 Å². The Hall–Kier alpha value is -9.51. The molecule has 1 aliphatic rings. The standard InChI is InChI=1S/C71H58N4/c1-4-7-8-9-10-13-30-55(47-65(72)50-26-14-11-15-27-50)53-31-22-33-59(43-53)74-68-37-20-18-35-61(68)63-45-56(39-41-70(63)74)57-40-42-71-64(46-57)62-36-19-21-38-69(62)75(71)60-34-23-32-54(44-60)58-48-66(51(24-5-2)25-6-3)73-67(49-58)52-28-16-12-17-29-52/h4-22,24-33,35-49H,2,23,34,72H2,1,3H3/b7-4+,9-8-,13-10-,25-6-,51-24+,55-30+,65-47-. The number of nitrogens with zero attached hydrogens (tertiary/aromatic N) is 3. The first-order valence-electron chi connectivity index (χ1n) is 25.8. The lowest BCUT2D eigenvalue weighted by atomic mass is 9.94. The lowest BCUT2D eigenvalue weighted by Crippen LogP contribution is -2.02. The van der Waals surface area contributed by atoms with Crippen LogP contribution in [0.25, 0.3) is 99.8 Å². The summed E-state index contributed by atoms with van der Waals surface area (Å²) in [6.07, 6.45) is 31.1. The van der Waals surface area contributed by atoms with Crippen molar-refractivity contribution in [3.63, 3.8) is 0 Å². The molecule has 0 unspecified atom stereocenters. The molecule has 2 N–H and O–H groups in total. The maximum atomic E-state index is 6.77. The number of hydrogen-bond acceptors (Lipinski definition) is 2. The van der Waals surface area contributed by atoms with Crippen LogP contribution < -0.4 is 5.73 Å². The van der Waals surface area contributed by atoms with Gasteiger partial charge in [0.25, 0.3) is 0 Å². The monoisotopic (exact) mass is 966 g/mol. The van der Waals surface area contributed by atoms with Crippen molar-refractivity contribution in [2.45, 2.75) is 26.7 Å². The van der Waals surface area contributed by atoms with Gasteiger partial charge < -0.3 is 14.9 Å². The van der Waals surface area contributed by atoms with Gasteiger partial charge in [0.1, 0.15) is 0 Å². The molecule has 4 heteroatoms.